The maximum atomic E-state index is 11.9. The Morgan fingerprint density at radius 2 is 2.25 bits per heavy atom. The monoisotopic (exact) mass is 219 g/mol. The van der Waals surface area contributed by atoms with Gasteiger partial charge in [-0.05, 0) is 12.1 Å². The van der Waals surface area contributed by atoms with Crippen molar-refractivity contribution in [3.8, 4) is 6.07 Å². The molecule has 0 atom stereocenters. The second-order valence-electron chi connectivity index (χ2n) is 3.63. The van der Waals surface area contributed by atoms with E-state index in [1.54, 1.807) is 27.8 Å². The number of carbonyl (C=O) groups excluding carboxylic acids is 1. The fraction of sp³-hybridized carbons (Fsp3) is 0.455. The highest BCUT2D eigenvalue weighted by molar-refractivity contribution is 5.76. The molecule has 1 saturated heterocycles. The number of amides is 1. The zero-order chi connectivity index (χ0) is 11.4. The molecule has 0 radical (unpaired) electrons. The molecule has 84 valence electrons. The first-order chi connectivity index (χ1) is 7.81. The highest BCUT2D eigenvalue weighted by Crippen LogP contribution is 2.04. The van der Waals surface area contributed by atoms with Gasteiger partial charge in [0.15, 0.2) is 0 Å². The van der Waals surface area contributed by atoms with E-state index in [0.29, 0.717) is 32.0 Å². The van der Waals surface area contributed by atoms with Gasteiger partial charge in [0.25, 0.3) is 0 Å². The summed E-state index contributed by atoms with van der Waals surface area (Å²) in [4.78, 5) is 13.6. The summed E-state index contributed by atoms with van der Waals surface area (Å²) >= 11 is 0. The molecule has 0 bridgehead atoms. The van der Waals surface area contributed by atoms with E-state index in [1.165, 1.54) is 0 Å². The number of aromatic nitrogens is 1. The van der Waals surface area contributed by atoms with Crippen molar-refractivity contribution in [1.29, 1.82) is 5.26 Å². The van der Waals surface area contributed by atoms with E-state index in [1.807, 2.05) is 0 Å². The summed E-state index contributed by atoms with van der Waals surface area (Å²) in [7, 11) is 0. The third-order valence-corrected chi connectivity index (χ3v) is 2.61. The molecule has 0 N–H and O–H groups in total. The molecule has 1 fully saturated rings. The lowest BCUT2D eigenvalue weighted by molar-refractivity contribution is -0.135. The van der Waals surface area contributed by atoms with Crippen LogP contribution in [0.2, 0.25) is 0 Å². The molecule has 0 aromatic carbocycles. The predicted octanol–water partition coefficient (Wildman–Crippen LogP) is 0.219. The van der Waals surface area contributed by atoms with Gasteiger partial charge in [0.2, 0.25) is 5.91 Å². The summed E-state index contributed by atoms with van der Waals surface area (Å²) in [6.45, 7) is 2.71. The minimum Gasteiger partial charge on any atom is -0.378 e. The number of morpholine rings is 1. The van der Waals surface area contributed by atoms with Gasteiger partial charge in [0.05, 0.1) is 13.2 Å². The Hall–Kier alpha value is -1.80. The Balaban J connectivity index is 1.99. The maximum absolute atomic E-state index is 11.9. The van der Waals surface area contributed by atoms with Gasteiger partial charge in [0, 0.05) is 19.3 Å². The summed E-state index contributed by atoms with van der Waals surface area (Å²) in [5.41, 5.74) is 0.515. The zero-order valence-electron chi connectivity index (χ0n) is 8.93. The molecular weight excluding hydrogens is 206 g/mol. The van der Waals surface area contributed by atoms with Crippen LogP contribution in [0.3, 0.4) is 0 Å². The Morgan fingerprint density at radius 3 is 2.94 bits per heavy atom. The molecule has 1 amide bonds. The first-order valence-electron chi connectivity index (χ1n) is 5.22. The number of carbonyl (C=O) groups is 1. The molecular formula is C11H13N3O2. The summed E-state index contributed by atoms with van der Waals surface area (Å²) in [6.07, 6.45) is 1.75. The average molecular weight is 219 g/mol. The number of nitrogens with zero attached hydrogens (tertiary/aromatic N) is 3. The molecule has 1 aromatic heterocycles. The zero-order valence-corrected chi connectivity index (χ0v) is 8.93. The van der Waals surface area contributed by atoms with Gasteiger partial charge >= 0.3 is 0 Å². The van der Waals surface area contributed by atoms with Gasteiger partial charge < -0.3 is 14.2 Å². The van der Waals surface area contributed by atoms with E-state index in [0.717, 1.165) is 0 Å². The molecule has 5 heteroatoms. The van der Waals surface area contributed by atoms with Gasteiger partial charge in [-0.15, -0.1) is 0 Å². The molecule has 5 nitrogen and oxygen atoms in total. The lowest BCUT2D eigenvalue weighted by atomic mass is 10.4. The van der Waals surface area contributed by atoms with E-state index < -0.39 is 0 Å². The first kappa shape index (κ1) is 10.7. The van der Waals surface area contributed by atoms with Gasteiger partial charge in [-0.1, -0.05) is 0 Å². The molecule has 16 heavy (non-hydrogen) atoms. The Kier molecular flexibility index (Phi) is 3.22. The Bertz CT molecular complexity index is 413. The summed E-state index contributed by atoms with van der Waals surface area (Å²) in [5, 5.41) is 8.81. The molecule has 0 unspecified atom stereocenters. The van der Waals surface area contributed by atoms with Gasteiger partial charge in [-0.2, -0.15) is 5.26 Å². The van der Waals surface area contributed by atoms with E-state index >= 15 is 0 Å². The quantitative estimate of drug-likeness (QED) is 0.715. The molecule has 0 saturated carbocycles. The Labute approximate surface area is 93.8 Å². The topological polar surface area (TPSA) is 58.3 Å². The molecule has 1 aromatic rings. The molecule has 0 aliphatic carbocycles. The predicted molar refractivity (Wildman–Crippen MR) is 56.5 cm³/mol. The standard InChI is InChI=1S/C11H13N3O2/c12-8-10-2-1-3-14(10)9-11(15)13-4-6-16-7-5-13/h1-3H,4-7,9H2. The van der Waals surface area contributed by atoms with Crippen LogP contribution in [0.1, 0.15) is 5.69 Å². The Morgan fingerprint density at radius 1 is 1.50 bits per heavy atom. The fourth-order valence-electron chi connectivity index (χ4n) is 1.71. The van der Waals surface area contributed by atoms with Crippen LogP contribution in [-0.4, -0.2) is 41.7 Å². The lowest BCUT2D eigenvalue weighted by Crippen LogP contribution is -2.42. The van der Waals surface area contributed by atoms with Crippen molar-refractivity contribution in [2.24, 2.45) is 0 Å². The van der Waals surface area contributed by atoms with Crippen LogP contribution < -0.4 is 0 Å². The molecule has 2 rings (SSSR count). The summed E-state index contributed by atoms with van der Waals surface area (Å²) in [5.74, 6) is 0.0380. The second-order valence-corrected chi connectivity index (χ2v) is 3.63. The van der Waals surface area contributed by atoms with E-state index in [9.17, 15) is 4.79 Å². The van der Waals surface area contributed by atoms with Crippen molar-refractivity contribution < 1.29 is 9.53 Å². The van der Waals surface area contributed by atoms with Crippen molar-refractivity contribution in [3.05, 3.63) is 24.0 Å². The van der Waals surface area contributed by atoms with Crippen LogP contribution in [0.25, 0.3) is 0 Å². The minimum atomic E-state index is 0.0380. The van der Waals surface area contributed by atoms with Crippen molar-refractivity contribution in [2.75, 3.05) is 26.3 Å². The summed E-state index contributed by atoms with van der Waals surface area (Å²) in [6, 6.07) is 5.52. The average Bonchev–Trinajstić information content (AvgIpc) is 2.77. The minimum absolute atomic E-state index is 0.0380. The molecule has 1 aliphatic rings. The van der Waals surface area contributed by atoms with Gasteiger partial charge in [0.1, 0.15) is 18.3 Å². The number of hydrogen-bond donors (Lipinski definition) is 0. The van der Waals surface area contributed by atoms with Crippen LogP contribution in [0.15, 0.2) is 18.3 Å². The highest BCUT2D eigenvalue weighted by Gasteiger charge is 2.17. The molecule has 0 spiro atoms. The van der Waals surface area contributed by atoms with Gasteiger partial charge in [-0.25, -0.2) is 0 Å². The molecule has 2 heterocycles. The van der Waals surface area contributed by atoms with Crippen LogP contribution >= 0.6 is 0 Å². The van der Waals surface area contributed by atoms with Crippen molar-refractivity contribution in [1.82, 2.24) is 9.47 Å². The van der Waals surface area contributed by atoms with E-state index in [4.69, 9.17) is 10.00 Å². The first-order valence-corrected chi connectivity index (χ1v) is 5.22. The van der Waals surface area contributed by atoms with Crippen molar-refractivity contribution in [3.63, 3.8) is 0 Å². The number of nitriles is 1. The maximum Gasteiger partial charge on any atom is 0.242 e. The fourth-order valence-corrected chi connectivity index (χ4v) is 1.71. The van der Waals surface area contributed by atoms with Crippen molar-refractivity contribution >= 4 is 5.91 Å². The van der Waals surface area contributed by atoms with Crippen LogP contribution in [-0.2, 0) is 16.1 Å². The van der Waals surface area contributed by atoms with Crippen molar-refractivity contribution in [2.45, 2.75) is 6.54 Å². The lowest BCUT2D eigenvalue weighted by Gasteiger charge is -2.27. The number of rotatable bonds is 2. The third kappa shape index (κ3) is 2.23. The van der Waals surface area contributed by atoms with E-state index in [2.05, 4.69) is 6.07 Å². The number of ether oxygens (including phenoxy) is 1. The summed E-state index contributed by atoms with van der Waals surface area (Å²) < 4.78 is 6.84. The van der Waals surface area contributed by atoms with Crippen LogP contribution in [0, 0.1) is 11.3 Å². The normalized spacial score (nSPS) is 15.8. The highest BCUT2D eigenvalue weighted by atomic mass is 16.5. The van der Waals surface area contributed by atoms with Crippen LogP contribution in [0.4, 0.5) is 0 Å². The van der Waals surface area contributed by atoms with Crippen LogP contribution in [0.5, 0.6) is 0 Å². The largest absolute Gasteiger partial charge is 0.378 e. The van der Waals surface area contributed by atoms with Gasteiger partial charge in [-0.3, -0.25) is 4.79 Å². The smallest absolute Gasteiger partial charge is 0.242 e. The third-order valence-electron chi connectivity index (χ3n) is 2.61. The molecule has 1 aliphatic heterocycles. The second kappa shape index (κ2) is 4.81. The number of hydrogen-bond acceptors (Lipinski definition) is 3. The SMILES string of the molecule is N#Cc1cccn1CC(=O)N1CCOCC1. The van der Waals surface area contributed by atoms with E-state index in [-0.39, 0.29) is 12.5 Å².